The van der Waals surface area contributed by atoms with Crippen LogP contribution in [0.4, 0.5) is 11.4 Å². The SMILES string of the molecule is CCOC(=O)c1ccc(N2C(=O)C3Sc4[nH]c(=O)sc4[C@H](c4cccc(OCC(=O)Nc5ccccc5C)c4)C3C2=O)cc1. The summed E-state index contributed by atoms with van der Waals surface area (Å²) in [6.45, 7) is 3.60. The number of nitrogens with zero attached hydrogens (tertiary/aromatic N) is 1. The van der Waals surface area contributed by atoms with Gasteiger partial charge in [-0.05, 0) is 67.4 Å². The molecule has 44 heavy (non-hydrogen) atoms. The number of thioether (sulfide) groups is 1. The van der Waals surface area contributed by atoms with E-state index in [4.69, 9.17) is 9.47 Å². The van der Waals surface area contributed by atoms with Crippen LogP contribution in [-0.4, -0.2) is 47.1 Å². The maximum absolute atomic E-state index is 14.0. The van der Waals surface area contributed by atoms with Crippen molar-refractivity contribution in [2.45, 2.75) is 30.0 Å². The summed E-state index contributed by atoms with van der Waals surface area (Å²) in [6.07, 6.45) is 0. The number of carbonyl (C=O) groups excluding carboxylic acids is 4. The van der Waals surface area contributed by atoms with Crippen LogP contribution in [0.3, 0.4) is 0 Å². The molecule has 1 aromatic heterocycles. The molecule has 2 N–H and O–H groups in total. The molecule has 3 atom stereocenters. The molecule has 2 unspecified atom stereocenters. The molecule has 0 bridgehead atoms. The average Bonchev–Trinajstić information content (AvgIpc) is 3.51. The number of carbonyl (C=O) groups is 4. The molecule has 0 spiro atoms. The maximum atomic E-state index is 14.0. The Hall–Kier alpha value is -4.68. The molecule has 3 amide bonds. The zero-order chi connectivity index (χ0) is 31.0. The maximum Gasteiger partial charge on any atom is 0.338 e. The summed E-state index contributed by atoms with van der Waals surface area (Å²) < 4.78 is 10.9. The number of fused-ring (bicyclic) bond motifs is 2. The van der Waals surface area contributed by atoms with Gasteiger partial charge in [-0.15, -0.1) is 0 Å². The van der Waals surface area contributed by atoms with Crippen LogP contribution in [0.15, 0.2) is 82.6 Å². The van der Waals surface area contributed by atoms with E-state index in [9.17, 15) is 24.0 Å². The molecule has 6 rings (SSSR count). The molecule has 10 nitrogen and oxygen atoms in total. The largest absolute Gasteiger partial charge is 0.484 e. The molecule has 1 saturated heterocycles. The van der Waals surface area contributed by atoms with Crippen molar-refractivity contribution in [1.29, 1.82) is 0 Å². The Kier molecular flexibility index (Phi) is 8.11. The number of para-hydroxylation sites is 1. The fourth-order valence-corrected chi connectivity index (χ4v) is 7.95. The molecular formula is C32H27N3O7S2. The molecule has 224 valence electrons. The lowest BCUT2D eigenvalue weighted by molar-refractivity contribution is -0.122. The number of aryl methyl sites for hydroxylation is 1. The number of hydrogen-bond acceptors (Lipinski definition) is 9. The van der Waals surface area contributed by atoms with Gasteiger partial charge < -0.3 is 19.8 Å². The van der Waals surface area contributed by atoms with E-state index in [2.05, 4.69) is 10.3 Å². The summed E-state index contributed by atoms with van der Waals surface area (Å²) in [6, 6.07) is 20.6. The molecule has 3 aromatic carbocycles. The average molecular weight is 630 g/mol. The van der Waals surface area contributed by atoms with E-state index in [0.717, 1.165) is 21.8 Å². The molecular weight excluding hydrogens is 603 g/mol. The first-order chi connectivity index (χ1) is 21.2. The number of rotatable bonds is 8. The summed E-state index contributed by atoms with van der Waals surface area (Å²) >= 11 is 2.19. The number of aromatic amines is 1. The van der Waals surface area contributed by atoms with Crippen molar-refractivity contribution in [3.8, 4) is 5.75 Å². The van der Waals surface area contributed by atoms with E-state index in [-0.39, 0.29) is 24.0 Å². The number of esters is 1. The van der Waals surface area contributed by atoms with Gasteiger partial charge in [0.25, 0.3) is 5.91 Å². The number of thiazole rings is 1. The van der Waals surface area contributed by atoms with Crippen LogP contribution in [0.1, 0.15) is 39.2 Å². The highest BCUT2D eigenvalue weighted by Crippen LogP contribution is 2.53. The Labute approximate surface area is 260 Å². The number of ether oxygens (including phenoxy) is 2. The van der Waals surface area contributed by atoms with Crippen molar-refractivity contribution in [2.24, 2.45) is 5.92 Å². The standard InChI is InChI=1S/C32H27N3O7S2/c1-3-41-31(39)18-11-13-20(14-12-18)35-29(37)25-24(26-28(34-32(40)44-26)43-27(25)30(35)38)19-8-6-9-21(15-19)42-16-23(36)33-22-10-5-4-7-17(22)2/h4-15,24-25,27H,3,16H2,1-2H3,(H,33,36)(H,34,40)/t24-,25?,27?/m1/s1. The zero-order valence-corrected chi connectivity index (χ0v) is 25.3. The first-order valence-electron chi connectivity index (χ1n) is 13.9. The van der Waals surface area contributed by atoms with Crippen molar-refractivity contribution in [1.82, 2.24) is 4.98 Å². The van der Waals surface area contributed by atoms with Gasteiger partial charge in [0.1, 0.15) is 11.0 Å². The lowest BCUT2D eigenvalue weighted by Crippen LogP contribution is -2.32. The van der Waals surface area contributed by atoms with Crippen molar-refractivity contribution in [3.63, 3.8) is 0 Å². The highest BCUT2D eigenvalue weighted by molar-refractivity contribution is 8.00. The Morgan fingerprint density at radius 1 is 0.977 bits per heavy atom. The number of imide groups is 1. The van der Waals surface area contributed by atoms with Gasteiger partial charge in [0, 0.05) is 16.5 Å². The normalized spacial score (nSPS) is 18.9. The van der Waals surface area contributed by atoms with Crippen LogP contribution in [0.5, 0.6) is 5.75 Å². The third-order valence-corrected chi connectivity index (χ3v) is 9.87. The first-order valence-corrected chi connectivity index (χ1v) is 15.6. The molecule has 0 radical (unpaired) electrons. The van der Waals surface area contributed by atoms with Gasteiger partial charge >= 0.3 is 10.8 Å². The number of H-pyrrole nitrogens is 1. The molecule has 2 aliphatic heterocycles. The van der Waals surface area contributed by atoms with E-state index in [1.165, 1.54) is 23.9 Å². The summed E-state index contributed by atoms with van der Waals surface area (Å²) in [5.41, 5.74) is 2.95. The second kappa shape index (κ2) is 12.1. The van der Waals surface area contributed by atoms with E-state index >= 15 is 0 Å². The van der Waals surface area contributed by atoms with Crippen LogP contribution < -0.4 is 19.8 Å². The number of aromatic nitrogens is 1. The Morgan fingerprint density at radius 3 is 2.50 bits per heavy atom. The third-order valence-electron chi connectivity index (χ3n) is 7.47. The number of benzene rings is 3. The van der Waals surface area contributed by atoms with Crippen molar-refractivity contribution in [3.05, 3.63) is 104 Å². The minimum atomic E-state index is -0.796. The predicted octanol–water partition coefficient (Wildman–Crippen LogP) is 4.73. The molecule has 12 heteroatoms. The predicted molar refractivity (Wildman–Crippen MR) is 167 cm³/mol. The van der Waals surface area contributed by atoms with Crippen LogP contribution in [0.2, 0.25) is 0 Å². The van der Waals surface area contributed by atoms with Crippen molar-refractivity contribution < 1.29 is 28.7 Å². The number of nitrogens with one attached hydrogen (secondary N) is 2. The van der Waals surface area contributed by atoms with Crippen LogP contribution in [0.25, 0.3) is 0 Å². The summed E-state index contributed by atoms with van der Waals surface area (Å²) in [4.78, 5) is 69.2. The van der Waals surface area contributed by atoms with Gasteiger partial charge in [-0.1, -0.05) is 53.4 Å². The second-order valence-electron chi connectivity index (χ2n) is 10.3. The smallest absolute Gasteiger partial charge is 0.338 e. The minimum absolute atomic E-state index is 0.227. The van der Waals surface area contributed by atoms with Crippen LogP contribution >= 0.6 is 23.1 Å². The zero-order valence-electron chi connectivity index (χ0n) is 23.7. The molecule has 3 heterocycles. The van der Waals surface area contributed by atoms with Crippen LogP contribution in [-0.2, 0) is 19.1 Å². The summed E-state index contributed by atoms with van der Waals surface area (Å²) in [7, 11) is 0. The van der Waals surface area contributed by atoms with Crippen molar-refractivity contribution >= 4 is 58.2 Å². The molecule has 0 aliphatic carbocycles. The van der Waals surface area contributed by atoms with E-state index < -0.39 is 34.9 Å². The van der Waals surface area contributed by atoms with Gasteiger partial charge in [-0.25, -0.2) is 9.69 Å². The highest BCUT2D eigenvalue weighted by Gasteiger charge is 2.56. The quantitative estimate of drug-likeness (QED) is 0.211. The van der Waals surface area contributed by atoms with Gasteiger partial charge in [-0.2, -0.15) is 0 Å². The topological polar surface area (TPSA) is 135 Å². The number of anilines is 2. The Morgan fingerprint density at radius 2 is 1.75 bits per heavy atom. The summed E-state index contributed by atoms with van der Waals surface area (Å²) in [5.74, 6) is -2.63. The van der Waals surface area contributed by atoms with E-state index in [0.29, 0.717) is 38.2 Å². The highest BCUT2D eigenvalue weighted by atomic mass is 32.2. The van der Waals surface area contributed by atoms with Gasteiger partial charge in [-0.3, -0.25) is 19.2 Å². The van der Waals surface area contributed by atoms with Crippen molar-refractivity contribution in [2.75, 3.05) is 23.4 Å². The van der Waals surface area contributed by atoms with Crippen LogP contribution in [0, 0.1) is 12.8 Å². The summed E-state index contributed by atoms with van der Waals surface area (Å²) in [5, 5.41) is 2.61. The molecule has 0 saturated carbocycles. The van der Waals surface area contributed by atoms with E-state index in [1.54, 1.807) is 37.3 Å². The monoisotopic (exact) mass is 629 g/mol. The fourth-order valence-electron chi connectivity index (χ4n) is 5.44. The minimum Gasteiger partial charge on any atom is -0.484 e. The lowest BCUT2D eigenvalue weighted by atomic mass is 9.83. The first kappa shape index (κ1) is 29.4. The molecule has 2 aliphatic rings. The Balaban J connectivity index is 1.27. The van der Waals surface area contributed by atoms with Gasteiger partial charge in [0.05, 0.1) is 28.8 Å². The number of hydrogen-bond donors (Lipinski definition) is 2. The Bertz CT molecular complexity index is 1830. The fraction of sp³-hybridized carbons (Fsp3) is 0.219. The van der Waals surface area contributed by atoms with Gasteiger partial charge in [0.2, 0.25) is 11.8 Å². The number of amides is 3. The third kappa shape index (κ3) is 5.53. The molecule has 1 fully saturated rings. The second-order valence-corrected chi connectivity index (χ2v) is 12.4. The molecule has 4 aromatic rings. The van der Waals surface area contributed by atoms with E-state index in [1.807, 2.05) is 37.3 Å². The van der Waals surface area contributed by atoms with Gasteiger partial charge in [0.15, 0.2) is 6.61 Å². The lowest BCUT2D eigenvalue weighted by Gasteiger charge is -2.30.